The molecule has 0 heterocycles. The number of sulfonamides is 1. The number of anilines is 1. The molecule has 0 aliphatic rings. The average Bonchev–Trinajstić information content (AvgIpc) is 2.45. The molecule has 2 aromatic carbocycles. The molecule has 1 N–H and O–H groups in total. The van der Waals surface area contributed by atoms with Gasteiger partial charge in [0.15, 0.2) is 0 Å². The Morgan fingerprint density at radius 1 is 1.04 bits per heavy atom. The van der Waals surface area contributed by atoms with Gasteiger partial charge in [-0.3, -0.25) is 4.72 Å². The Kier molecular flexibility index (Phi) is 5.49. The Bertz CT molecular complexity index is 795. The van der Waals surface area contributed by atoms with Gasteiger partial charge in [0.1, 0.15) is 4.90 Å². The van der Waals surface area contributed by atoms with Crippen LogP contribution in [0.4, 0.5) is 18.9 Å². The van der Waals surface area contributed by atoms with E-state index in [0.717, 1.165) is 0 Å². The van der Waals surface area contributed by atoms with Crippen molar-refractivity contribution in [3.63, 3.8) is 0 Å². The van der Waals surface area contributed by atoms with E-state index in [9.17, 15) is 21.6 Å². The molecule has 124 valence electrons. The molecule has 0 saturated carbocycles. The van der Waals surface area contributed by atoms with Crippen molar-refractivity contribution >= 4 is 39.1 Å². The SMILES string of the molecule is O=S(=O)(Nc1ccccc1SCC(F)(F)F)c1ccccc1Cl. The predicted octanol–water partition coefficient (Wildman–Crippen LogP) is 4.80. The minimum absolute atomic E-state index is 0.0282. The number of hydrogen-bond acceptors (Lipinski definition) is 3. The van der Waals surface area contributed by atoms with Gasteiger partial charge in [0.25, 0.3) is 10.0 Å². The summed E-state index contributed by atoms with van der Waals surface area (Å²) in [6, 6.07) is 11.7. The van der Waals surface area contributed by atoms with Crippen molar-refractivity contribution in [2.45, 2.75) is 16.0 Å². The molecular weight excluding hydrogens is 371 g/mol. The van der Waals surface area contributed by atoms with Crippen molar-refractivity contribution in [1.29, 1.82) is 0 Å². The second-order valence-electron chi connectivity index (χ2n) is 4.44. The summed E-state index contributed by atoms with van der Waals surface area (Å²) in [6.45, 7) is 0. The van der Waals surface area contributed by atoms with E-state index in [2.05, 4.69) is 4.72 Å². The summed E-state index contributed by atoms with van der Waals surface area (Å²) in [6.07, 6.45) is -4.35. The summed E-state index contributed by atoms with van der Waals surface area (Å²) >= 11 is 6.37. The van der Waals surface area contributed by atoms with Gasteiger partial charge in [-0.15, -0.1) is 11.8 Å². The minimum atomic E-state index is -4.35. The topological polar surface area (TPSA) is 46.2 Å². The lowest BCUT2D eigenvalue weighted by atomic mass is 10.3. The van der Waals surface area contributed by atoms with Crippen molar-refractivity contribution in [2.75, 3.05) is 10.5 Å². The van der Waals surface area contributed by atoms with Crippen LogP contribution >= 0.6 is 23.4 Å². The van der Waals surface area contributed by atoms with Crippen molar-refractivity contribution in [3.05, 3.63) is 53.6 Å². The Hall–Kier alpha value is -1.38. The highest BCUT2D eigenvalue weighted by molar-refractivity contribution is 7.99. The van der Waals surface area contributed by atoms with Gasteiger partial charge in [0.2, 0.25) is 0 Å². The number of nitrogens with one attached hydrogen (secondary N) is 1. The van der Waals surface area contributed by atoms with Gasteiger partial charge in [-0.2, -0.15) is 13.2 Å². The summed E-state index contributed by atoms with van der Waals surface area (Å²) in [7, 11) is -4.00. The molecule has 0 aliphatic heterocycles. The molecule has 2 rings (SSSR count). The zero-order valence-electron chi connectivity index (χ0n) is 11.5. The van der Waals surface area contributed by atoms with Crippen LogP contribution in [0.3, 0.4) is 0 Å². The third-order valence-electron chi connectivity index (χ3n) is 2.65. The number of alkyl halides is 3. The number of rotatable bonds is 5. The zero-order chi connectivity index (χ0) is 17.1. The smallest absolute Gasteiger partial charge is 0.278 e. The molecule has 0 saturated heterocycles. The van der Waals surface area contributed by atoms with E-state index in [-0.39, 0.29) is 20.5 Å². The molecule has 0 bridgehead atoms. The predicted molar refractivity (Wildman–Crippen MR) is 85.5 cm³/mol. The molecule has 0 radical (unpaired) electrons. The van der Waals surface area contributed by atoms with E-state index in [1.165, 1.54) is 42.5 Å². The molecule has 0 atom stereocenters. The first kappa shape index (κ1) is 18.0. The highest BCUT2D eigenvalue weighted by Crippen LogP contribution is 2.33. The molecule has 0 spiro atoms. The van der Waals surface area contributed by atoms with Gasteiger partial charge in [-0.25, -0.2) is 8.42 Å². The van der Waals surface area contributed by atoms with Crippen molar-refractivity contribution in [3.8, 4) is 0 Å². The second-order valence-corrected chi connectivity index (χ2v) is 7.51. The Balaban J connectivity index is 2.28. The quantitative estimate of drug-likeness (QED) is 0.757. The highest BCUT2D eigenvalue weighted by atomic mass is 35.5. The molecule has 2 aromatic rings. The van der Waals surface area contributed by atoms with Crippen molar-refractivity contribution in [2.24, 2.45) is 0 Å². The molecular formula is C14H11ClF3NO2S2. The molecule has 3 nitrogen and oxygen atoms in total. The average molecular weight is 382 g/mol. The molecule has 0 aromatic heterocycles. The van der Waals surface area contributed by atoms with Crippen molar-refractivity contribution in [1.82, 2.24) is 0 Å². The van der Waals surface area contributed by atoms with Gasteiger partial charge in [0.05, 0.1) is 16.5 Å². The van der Waals surface area contributed by atoms with E-state index in [1.54, 1.807) is 6.07 Å². The lowest BCUT2D eigenvalue weighted by molar-refractivity contribution is -0.105. The van der Waals surface area contributed by atoms with Crippen LogP contribution in [-0.4, -0.2) is 20.3 Å². The molecule has 0 aliphatic carbocycles. The van der Waals surface area contributed by atoms with Crippen LogP contribution in [0.5, 0.6) is 0 Å². The molecule has 0 fully saturated rings. The van der Waals surface area contributed by atoms with Gasteiger partial charge in [0, 0.05) is 4.90 Å². The van der Waals surface area contributed by atoms with Gasteiger partial charge in [-0.05, 0) is 24.3 Å². The number of benzene rings is 2. The van der Waals surface area contributed by atoms with Crippen LogP contribution in [0.25, 0.3) is 0 Å². The number of thioether (sulfide) groups is 1. The van der Waals surface area contributed by atoms with Crippen LogP contribution in [0, 0.1) is 0 Å². The van der Waals surface area contributed by atoms with E-state index in [4.69, 9.17) is 11.6 Å². The van der Waals surface area contributed by atoms with Crippen LogP contribution in [0.15, 0.2) is 58.3 Å². The molecule has 9 heteroatoms. The first-order valence-corrected chi connectivity index (χ1v) is 9.10. The second kappa shape index (κ2) is 7.02. The fourth-order valence-electron chi connectivity index (χ4n) is 1.70. The largest absolute Gasteiger partial charge is 0.398 e. The maximum Gasteiger partial charge on any atom is 0.398 e. The molecule has 0 unspecified atom stereocenters. The van der Waals surface area contributed by atoms with Gasteiger partial charge >= 0.3 is 6.18 Å². The lowest BCUT2D eigenvalue weighted by Gasteiger charge is -2.13. The summed E-state index contributed by atoms with van der Waals surface area (Å²) in [5, 5.41) is 0.0282. The first-order valence-electron chi connectivity index (χ1n) is 6.25. The summed E-state index contributed by atoms with van der Waals surface area (Å²) < 4.78 is 64.0. The van der Waals surface area contributed by atoms with E-state index < -0.39 is 22.0 Å². The third kappa shape index (κ3) is 5.05. The van der Waals surface area contributed by atoms with E-state index in [1.807, 2.05) is 0 Å². The number of hydrogen-bond donors (Lipinski definition) is 1. The monoisotopic (exact) mass is 381 g/mol. The Morgan fingerprint density at radius 3 is 2.30 bits per heavy atom. The fraction of sp³-hybridized carbons (Fsp3) is 0.143. The van der Waals surface area contributed by atoms with Crippen LogP contribution in [0.2, 0.25) is 5.02 Å². The van der Waals surface area contributed by atoms with Crippen LogP contribution in [-0.2, 0) is 10.0 Å². The third-order valence-corrected chi connectivity index (χ3v) is 5.65. The van der Waals surface area contributed by atoms with E-state index in [0.29, 0.717) is 11.8 Å². The van der Waals surface area contributed by atoms with Crippen LogP contribution < -0.4 is 4.72 Å². The summed E-state index contributed by atoms with van der Waals surface area (Å²) in [5.74, 6) is -1.11. The van der Waals surface area contributed by atoms with Gasteiger partial charge in [-0.1, -0.05) is 35.9 Å². The zero-order valence-corrected chi connectivity index (χ0v) is 13.9. The highest BCUT2D eigenvalue weighted by Gasteiger charge is 2.28. The lowest BCUT2D eigenvalue weighted by Crippen LogP contribution is -2.15. The maximum absolute atomic E-state index is 12.4. The fourth-order valence-corrected chi connectivity index (χ4v) is 4.13. The number of halogens is 4. The number of para-hydroxylation sites is 1. The molecule has 0 amide bonds. The first-order chi connectivity index (χ1) is 10.7. The Labute approximate surface area is 140 Å². The minimum Gasteiger partial charge on any atom is -0.278 e. The van der Waals surface area contributed by atoms with Crippen LogP contribution in [0.1, 0.15) is 0 Å². The summed E-state index contributed by atoms with van der Waals surface area (Å²) in [4.78, 5) is 0.0396. The Morgan fingerprint density at radius 2 is 1.65 bits per heavy atom. The summed E-state index contributed by atoms with van der Waals surface area (Å²) in [5.41, 5.74) is 0.0710. The maximum atomic E-state index is 12.4. The standard InChI is InChI=1S/C14H11ClF3NO2S2/c15-10-5-1-4-8-13(10)23(20,21)19-11-6-2-3-7-12(11)22-9-14(16,17)18/h1-8,19H,9H2. The van der Waals surface area contributed by atoms with Gasteiger partial charge < -0.3 is 0 Å². The normalized spacial score (nSPS) is 12.2. The van der Waals surface area contributed by atoms with Crippen molar-refractivity contribution < 1.29 is 21.6 Å². The van der Waals surface area contributed by atoms with E-state index >= 15 is 0 Å². The molecule has 23 heavy (non-hydrogen) atoms.